The van der Waals surface area contributed by atoms with Crippen LogP contribution in [0, 0.1) is 6.92 Å². The lowest BCUT2D eigenvalue weighted by Gasteiger charge is -2.09. The number of carbonyl (C=O) groups excluding carboxylic acids is 2. The van der Waals surface area contributed by atoms with Gasteiger partial charge in [-0.3, -0.25) is 4.79 Å². The van der Waals surface area contributed by atoms with Crippen LogP contribution in [0.15, 0.2) is 48.5 Å². The summed E-state index contributed by atoms with van der Waals surface area (Å²) >= 11 is 0. The summed E-state index contributed by atoms with van der Waals surface area (Å²) < 4.78 is 15.7. The normalized spacial score (nSPS) is 11.0. The Kier molecular flexibility index (Phi) is 5.79. The maximum atomic E-state index is 12.5. The van der Waals surface area contributed by atoms with Crippen LogP contribution in [0.1, 0.15) is 21.6 Å². The summed E-state index contributed by atoms with van der Waals surface area (Å²) in [6, 6.07) is 12.9. The highest BCUT2D eigenvalue weighted by atomic mass is 16.5. The van der Waals surface area contributed by atoms with E-state index in [2.05, 4.69) is 4.98 Å². The summed E-state index contributed by atoms with van der Waals surface area (Å²) in [5, 5.41) is 0.817. The summed E-state index contributed by atoms with van der Waals surface area (Å²) in [4.78, 5) is 27.8. The van der Waals surface area contributed by atoms with Gasteiger partial charge in [0.1, 0.15) is 0 Å². The molecule has 0 unspecified atom stereocenters. The SMILES string of the molecule is COc1cccc(/C=C/C(=O)OCC(=O)c2c(C)[nH]c3ccccc23)c1OC. The van der Waals surface area contributed by atoms with Crippen molar-refractivity contribution in [2.45, 2.75) is 6.92 Å². The number of methoxy groups -OCH3 is 2. The highest BCUT2D eigenvalue weighted by Gasteiger charge is 2.17. The Morgan fingerprint density at radius 1 is 1.04 bits per heavy atom. The monoisotopic (exact) mass is 379 g/mol. The Bertz CT molecular complexity index is 1050. The first-order valence-corrected chi connectivity index (χ1v) is 8.71. The van der Waals surface area contributed by atoms with Gasteiger partial charge in [0.05, 0.1) is 14.2 Å². The first-order chi connectivity index (χ1) is 13.5. The number of aryl methyl sites for hydroxylation is 1. The number of ketones is 1. The zero-order valence-corrected chi connectivity index (χ0v) is 15.9. The molecule has 2 aromatic carbocycles. The maximum absolute atomic E-state index is 12.5. The molecule has 3 rings (SSSR count). The summed E-state index contributed by atoms with van der Waals surface area (Å²) in [6.45, 7) is 1.49. The van der Waals surface area contributed by atoms with Crippen LogP contribution in [0.3, 0.4) is 0 Å². The molecule has 6 heteroatoms. The molecule has 0 saturated heterocycles. The van der Waals surface area contributed by atoms with Crippen molar-refractivity contribution in [2.24, 2.45) is 0 Å². The summed E-state index contributed by atoms with van der Waals surface area (Å²) in [6.07, 6.45) is 2.82. The third-order valence-electron chi connectivity index (χ3n) is 4.35. The van der Waals surface area contributed by atoms with Crippen LogP contribution in [0.25, 0.3) is 17.0 Å². The summed E-state index contributed by atoms with van der Waals surface area (Å²) in [5.41, 5.74) is 2.83. The predicted octanol–water partition coefficient (Wildman–Crippen LogP) is 3.93. The Morgan fingerprint density at radius 2 is 1.82 bits per heavy atom. The van der Waals surface area contributed by atoms with E-state index >= 15 is 0 Å². The third kappa shape index (κ3) is 3.91. The average Bonchev–Trinajstić information content (AvgIpc) is 3.05. The highest BCUT2D eigenvalue weighted by Crippen LogP contribution is 2.31. The molecule has 1 N–H and O–H groups in total. The van der Waals surface area contributed by atoms with Crippen molar-refractivity contribution in [1.29, 1.82) is 0 Å². The van der Waals surface area contributed by atoms with E-state index in [0.29, 0.717) is 22.6 Å². The largest absolute Gasteiger partial charge is 0.493 e. The fourth-order valence-corrected chi connectivity index (χ4v) is 3.09. The number of carbonyl (C=O) groups is 2. The fraction of sp³-hybridized carbons (Fsp3) is 0.182. The molecule has 1 aromatic heterocycles. The molecule has 144 valence electrons. The molecule has 0 amide bonds. The van der Waals surface area contributed by atoms with E-state index < -0.39 is 5.97 Å². The van der Waals surface area contributed by atoms with Crippen LogP contribution in [0.5, 0.6) is 11.5 Å². The van der Waals surface area contributed by atoms with E-state index in [9.17, 15) is 9.59 Å². The number of hydrogen-bond donors (Lipinski definition) is 1. The number of nitrogens with one attached hydrogen (secondary N) is 1. The van der Waals surface area contributed by atoms with E-state index in [1.54, 1.807) is 24.3 Å². The lowest BCUT2D eigenvalue weighted by atomic mass is 10.1. The van der Waals surface area contributed by atoms with Gasteiger partial charge in [0, 0.05) is 33.8 Å². The highest BCUT2D eigenvalue weighted by molar-refractivity contribution is 6.10. The van der Waals surface area contributed by atoms with Gasteiger partial charge >= 0.3 is 5.97 Å². The predicted molar refractivity (Wildman–Crippen MR) is 107 cm³/mol. The van der Waals surface area contributed by atoms with Gasteiger partial charge in [0.15, 0.2) is 18.1 Å². The molecule has 0 atom stereocenters. The van der Waals surface area contributed by atoms with Crippen molar-refractivity contribution in [3.63, 3.8) is 0 Å². The standard InChI is InChI=1S/C22H21NO5/c1-14-21(16-8-4-5-9-17(16)23-14)18(24)13-28-20(25)12-11-15-7-6-10-19(26-2)22(15)27-3/h4-12,23H,13H2,1-3H3/b12-11+. The van der Waals surface area contributed by atoms with Crippen molar-refractivity contribution in [3.8, 4) is 11.5 Å². The molecule has 1 heterocycles. The van der Waals surface area contributed by atoms with Crippen LogP contribution in [-0.4, -0.2) is 37.6 Å². The van der Waals surface area contributed by atoms with Gasteiger partial charge in [-0.05, 0) is 25.1 Å². The number of esters is 1. The van der Waals surface area contributed by atoms with Crippen molar-refractivity contribution in [3.05, 3.63) is 65.4 Å². The van der Waals surface area contributed by atoms with Crippen molar-refractivity contribution in [1.82, 2.24) is 4.98 Å². The zero-order valence-electron chi connectivity index (χ0n) is 15.9. The van der Waals surface area contributed by atoms with E-state index in [-0.39, 0.29) is 12.4 Å². The Morgan fingerprint density at radius 3 is 2.57 bits per heavy atom. The summed E-state index contributed by atoms with van der Waals surface area (Å²) in [5.74, 6) is 0.203. The maximum Gasteiger partial charge on any atom is 0.331 e. The lowest BCUT2D eigenvalue weighted by molar-refractivity contribution is -0.136. The van der Waals surface area contributed by atoms with E-state index in [0.717, 1.165) is 16.6 Å². The van der Waals surface area contributed by atoms with E-state index in [4.69, 9.17) is 14.2 Å². The van der Waals surface area contributed by atoms with E-state index in [1.165, 1.54) is 20.3 Å². The molecule has 0 spiro atoms. The van der Waals surface area contributed by atoms with Gasteiger partial charge in [-0.1, -0.05) is 30.3 Å². The van der Waals surface area contributed by atoms with Crippen LogP contribution in [0.2, 0.25) is 0 Å². The number of ether oxygens (including phenoxy) is 3. The first-order valence-electron chi connectivity index (χ1n) is 8.71. The van der Waals surface area contributed by atoms with Gasteiger partial charge in [0.25, 0.3) is 0 Å². The molecule has 0 aliphatic heterocycles. The fourth-order valence-electron chi connectivity index (χ4n) is 3.09. The molecule has 0 fully saturated rings. The van der Waals surface area contributed by atoms with Crippen LogP contribution in [0.4, 0.5) is 0 Å². The molecular formula is C22H21NO5. The number of Topliss-reactive ketones (excluding diaryl/α,β-unsaturated/α-hetero) is 1. The Hall–Kier alpha value is -3.54. The Balaban J connectivity index is 1.68. The molecule has 3 aromatic rings. The number of H-pyrrole nitrogens is 1. The minimum Gasteiger partial charge on any atom is -0.493 e. The summed E-state index contributed by atoms with van der Waals surface area (Å²) in [7, 11) is 3.06. The number of aromatic amines is 1. The van der Waals surface area contributed by atoms with Crippen molar-refractivity contribution in [2.75, 3.05) is 20.8 Å². The zero-order chi connectivity index (χ0) is 20.1. The minimum absolute atomic E-state index is 0.254. The minimum atomic E-state index is -0.615. The Labute approximate surface area is 162 Å². The quantitative estimate of drug-likeness (QED) is 0.382. The van der Waals surface area contributed by atoms with Gasteiger partial charge in [0.2, 0.25) is 5.78 Å². The molecule has 28 heavy (non-hydrogen) atoms. The molecule has 0 radical (unpaired) electrons. The number of para-hydroxylation sites is 2. The second kappa shape index (κ2) is 8.43. The third-order valence-corrected chi connectivity index (χ3v) is 4.35. The number of benzene rings is 2. The lowest BCUT2D eigenvalue weighted by Crippen LogP contribution is -2.13. The molecule has 0 aliphatic carbocycles. The number of rotatable bonds is 7. The van der Waals surface area contributed by atoms with Gasteiger partial charge < -0.3 is 19.2 Å². The smallest absolute Gasteiger partial charge is 0.331 e. The molecule has 0 saturated carbocycles. The number of fused-ring (bicyclic) bond motifs is 1. The number of aromatic nitrogens is 1. The van der Waals surface area contributed by atoms with Crippen molar-refractivity contribution < 1.29 is 23.8 Å². The van der Waals surface area contributed by atoms with Gasteiger partial charge in [-0.15, -0.1) is 0 Å². The molecule has 6 nitrogen and oxygen atoms in total. The van der Waals surface area contributed by atoms with Crippen molar-refractivity contribution >= 4 is 28.7 Å². The molecular weight excluding hydrogens is 358 g/mol. The second-order valence-electron chi connectivity index (χ2n) is 6.12. The molecule has 0 bridgehead atoms. The van der Waals surface area contributed by atoms with Gasteiger partial charge in [-0.2, -0.15) is 0 Å². The average molecular weight is 379 g/mol. The van der Waals surface area contributed by atoms with Crippen LogP contribution >= 0.6 is 0 Å². The van der Waals surface area contributed by atoms with Gasteiger partial charge in [-0.25, -0.2) is 4.79 Å². The molecule has 0 aliphatic rings. The first kappa shape index (κ1) is 19.2. The van der Waals surface area contributed by atoms with E-state index in [1.807, 2.05) is 31.2 Å². The topological polar surface area (TPSA) is 77.6 Å². The van der Waals surface area contributed by atoms with Crippen LogP contribution < -0.4 is 9.47 Å². The van der Waals surface area contributed by atoms with Crippen LogP contribution in [-0.2, 0) is 9.53 Å². The second-order valence-corrected chi connectivity index (χ2v) is 6.12. The number of hydrogen-bond acceptors (Lipinski definition) is 5.